The van der Waals surface area contributed by atoms with Gasteiger partial charge in [0.25, 0.3) is 10.0 Å². The van der Waals surface area contributed by atoms with Crippen LogP contribution in [0.4, 0.5) is 5.69 Å². The van der Waals surface area contributed by atoms with Crippen LogP contribution in [0.1, 0.15) is 25.7 Å². The number of anilines is 1. The van der Waals surface area contributed by atoms with E-state index in [9.17, 15) is 13.2 Å². The van der Waals surface area contributed by atoms with Crippen molar-refractivity contribution < 1.29 is 22.7 Å². The van der Waals surface area contributed by atoms with E-state index in [0.29, 0.717) is 43.5 Å². The maximum absolute atomic E-state index is 13.5. The lowest BCUT2D eigenvalue weighted by atomic mass is 10.2. The predicted molar refractivity (Wildman–Crippen MR) is 113 cm³/mol. The normalized spacial score (nSPS) is 16.6. The number of rotatable bonds is 5. The largest absolute Gasteiger partial charge is 0.486 e. The number of amides is 1. The van der Waals surface area contributed by atoms with Crippen molar-refractivity contribution in [3.05, 3.63) is 48.5 Å². The fourth-order valence-electron chi connectivity index (χ4n) is 3.76. The van der Waals surface area contributed by atoms with Crippen LogP contribution in [0.2, 0.25) is 0 Å². The highest BCUT2D eigenvalue weighted by Crippen LogP contribution is 2.35. The summed E-state index contributed by atoms with van der Waals surface area (Å²) in [6.07, 6.45) is 4.08. The summed E-state index contributed by atoms with van der Waals surface area (Å²) in [6, 6.07) is 13.2. The zero-order valence-electron chi connectivity index (χ0n) is 16.8. The van der Waals surface area contributed by atoms with E-state index in [0.717, 1.165) is 25.7 Å². The Kier molecular flexibility index (Phi) is 6.13. The number of fused-ring (bicyclic) bond motifs is 1. The minimum Gasteiger partial charge on any atom is -0.486 e. The van der Waals surface area contributed by atoms with Crippen molar-refractivity contribution in [2.45, 2.75) is 30.6 Å². The molecular formula is C22H26N2O5S. The molecule has 0 N–H and O–H groups in total. The monoisotopic (exact) mass is 430 g/mol. The van der Waals surface area contributed by atoms with Gasteiger partial charge in [0.15, 0.2) is 11.5 Å². The standard InChI is InChI=1S/C22H26N2O5S/c25-22(23-12-6-1-2-7-13-23)17-24(30(26,27)19-8-4-3-5-9-19)18-10-11-20-21(16-18)29-15-14-28-20/h3-5,8-11,16H,1-2,6-7,12-15,17H2. The molecule has 0 radical (unpaired) electrons. The van der Waals surface area contributed by atoms with Crippen LogP contribution in [-0.2, 0) is 14.8 Å². The van der Waals surface area contributed by atoms with Gasteiger partial charge in [-0.3, -0.25) is 9.10 Å². The number of sulfonamides is 1. The highest BCUT2D eigenvalue weighted by Gasteiger charge is 2.30. The van der Waals surface area contributed by atoms with Gasteiger partial charge in [-0.1, -0.05) is 31.0 Å². The molecule has 2 aromatic carbocycles. The van der Waals surface area contributed by atoms with Crippen molar-refractivity contribution in [1.29, 1.82) is 0 Å². The van der Waals surface area contributed by atoms with Crippen LogP contribution in [-0.4, -0.2) is 52.1 Å². The predicted octanol–water partition coefficient (Wildman–Crippen LogP) is 3.06. The molecule has 2 aliphatic rings. The third-order valence-corrected chi connectivity index (χ3v) is 7.17. The Balaban J connectivity index is 1.69. The quantitative estimate of drug-likeness (QED) is 0.729. The summed E-state index contributed by atoms with van der Waals surface area (Å²) in [7, 11) is -3.93. The van der Waals surface area contributed by atoms with Gasteiger partial charge < -0.3 is 14.4 Å². The van der Waals surface area contributed by atoms with Crippen molar-refractivity contribution in [3.63, 3.8) is 0 Å². The number of benzene rings is 2. The molecule has 1 fully saturated rings. The first-order valence-electron chi connectivity index (χ1n) is 10.3. The molecule has 0 atom stereocenters. The zero-order chi connectivity index (χ0) is 21.0. The minimum atomic E-state index is -3.93. The Labute approximate surface area is 177 Å². The first-order chi connectivity index (χ1) is 14.6. The van der Waals surface area contributed by atoms with Crippen LogP contribution >= 0.6 is 0 Å². The molecule has 0 unspecified atom stereocenters. The first-order valence-corrected chi connectivity index (χ1v) is 11.7. The van der Waals surface area contributed by atoms with Crippen molar-refractivity contribution in [2.75, 3.05) is 37.2 Å². The Bertz CT molecular complexity index is 986. The SMILES string of the molecule is O=C(CN(c1ccc2c(c1)OCCO2)S(=O)(=O)c1ccccc1)N1CCCCCC1. The fraction of sp³-hybridized carbons (Fsp3) is 0.409. The highest BCUT2D eigenvalue weighted by atomic mass is 32.2. The third kappa shape index (κ3) is 4.38. The topological polar surface area (TPSA) is 76.1 Å². The van der Waals surface area contributed by atoms with Crippen molar-refractivity contribution >= 4 is 21.6 Å². The number of hydrogen-bond donors (Lipinski definition) is 0. The Morgan fingerprint density at radius 2 is 1.57 bits per heavy atom. The Hall–Kier alpha value is -2.74. The summed E-state index contributed by atoms with van der Waals surface area (Å²) >= 11 is 0. The van der Waals surface area contributed by atoms with Gasteiger partial charge in [-0.2, -0.15) is 0 Å². The molecule has 30 heavy (non-hydrogen) atoms. The Morgan fingerprint density at radius 1 is 0.900 bits per heavy atom. The van der Waals surface area contributed by atoms with Crippen LogP contribution in [0.15, 0.2) is 53.4 Å². The molecule has 7 nitrogen and oxygen atoms in total. The van der Waals surface area contributed by atoms with Gasteiger partial charge in [-0.15, -0.1) is 0 Å². The molecule has 2 heterocycles. The number of likely N-dealkylation sites (tertiary alicyclic amines) is 1. The average Bonchev–Trinajstić information content (AvgIpc) is 3.07. The fourth-order valence-corrected chi connectivity index (χ4v) is 5.19. The van der Waals surface area contributed by atoms with Gasteiger partial charge in [0.05, 0.1) is 10.6 Å². The van der Waals surface area contributed by atoms with Crippen LogP contribution in [0, 0.1) is 0 Å². The summed E-state index contributed by atoms with van der Waals surface area (Å²) in [5.74, 6) is 0.862. The average molecular weight is 431 g/mol. The first kappa shape index (κ1) is 20.5. The lowest BCUT2D eigenvalue weighted by Crippen LogP contribution is -2.43. The van der Waals surface area contributed by atoms with Crippen LogP contribution in [0.3, 0.4) is 0 Å². The van der Waals surface area contributed by atoms with Gasteiger partial charge in [-0.05, 0) is 37.1 Å². The molecule has 160 valence electrons. The third-order valence-electron chi connectivity index (χ3n) is 5.38. The highest BCUT2D eigenvalue weighted by molar-refractivity contribution is 7.92. The van der Waals surface area contributed by atoms with Crippen molar-refractivity contribution in [2.24, 2.45) is 0 Å². The molecule has 0 spiro atoms. The second-order valence-corrected chi connectivity index (χ2v) is 9.31. The van der Waals surface area contributed by atoms with Crippen LogP contribution in [0.5, 0.6) is 11.5 Å². The summed E-state index contributed by atoms with van der Waals surface area (Å²) in [5.41, 5.74) is 0.381. The second kappa shape index (κ2) is 8.95. The van der Waals surface area contributed by atoms with Gasteiger partial charge >= 0.3 is 0 Å². The van der Waals surface area contributed by atoms with Crippen LogP contribution < -0.4 is 13.8 Å². The molecule has 1 amide bonds. The number of hydrogen-bond acceptors (Lipinski definition) is 5. The molecule has 1 saturated heterocycles. The van der Waals surface area contributed by atoms with E-state index in [4.69, 9.17) is 9.47 Å². The lowest BCUT2D eigenvalue weighted by Gasteiger charge is -2.29. The smallest absolute Gasteiger partial charge is 0.264 e. The van der Waals surface area contributed by atoms with E-state index in [1.807, 2.05) is 0 Å². The summed E-state index contributed by atoms with van der Waals surface area (Å²) in [5, 5.41) is 0. The zero-order valence-corrected chi connectivity index (χ0v) is 17.6. The molecule has 0 aliphatic carbocycles. The Morgan fingerprint density at radius 3 is 2.27 bits per heavy atom. The molecular weight excluding hydrogens is 404 g/mol. The maximum Gasteiger partial charge on any atom is 0.264 e. The molecule has 2 aromatic rings. The molecule has 0 aromatic heterocycles. The minimum absolute atomic E-state index is 0.142. The number of ether oxygens (including phenoxy) is 2. The van der Waals surface area contributed by atoms with E-state index >= 15 is 0 Å². The molecule has 4 rings (SSSR count). The summed E-state index contributed by atoms with van der Waals surface area (Å²) in [6.45, 7) is 1.93. The van der Waals surface area contributed by atoms with E-state index in [1.165, 1.54) is 16.4 Å². The maximum atomic E-state index is 13.5. The van der Waals surface area contributed by atoms with Gasteiger partial charge in [0, 0.05) is 19.2 Å². The van der Waals surface area contributed by atoms with E-state index in [1.54, 1.807) is 41.3 Å². The van der Waals surface area contributed by atoms with E-state index < -0.39 is 10.0 Å². The second-order valence-electron chi connectivity index (χ2n) is 7.45. The van der Waals surface area contributed by atoms with Crippen molar-refractivity contribution in [1.82, 2.24) is 4.90 Å². The molecule has 0 saturated carbocycles. The van der Waals surface area contributed by atoms with Gasteiger partial charge in [0.2, 0.25) is 5.91 Å². The number of carbonyl (C=O) groups is 1. The molecule has 8 heteroatoms. The molecule has 2 aliphatic heterocycles. The van der Waals surface area contributed by atoms with Gasteiger partial charge in [-0.25, -0.2) is 8.42 Å². The van der Waals surface area contributed by atoms with Gasteiger partial charge in [0.1, 0.15) is 19.8 Å². The van der Waals surface area contributed by atoms with Crippen LogP contribution in [0.25, 0.3) is 0 Å². The number of nitrogens with zero attached hydrogens (tertiary/aromatic N) is 2. The molecule has 0 bridgehead atoms. The lowest BCUT2D eigenvalue weighted by molar-refractivity contribution is -0.129. The van der Waals surface area contributed by atoms with E-state index in [2.05, 4.69) is 0 Å². The summed E-state index contributed by atoms with van der Waals surface area (Å²) in [4.78, 5) is 15.0. The number of carbonyl (C=O) groups excluding carboxylic acids is 1. The summed E-state index contributed by atoms with van der Waals surface area (Å²) < 4.78 is 39.3. The van der Waals surface area contributed by atoms with E-state index in [-0.39, 0.29) is 17.3 Å². The van der Waals surface area contributed by atoms with Crippen molar-refractivity contribution in [3.8, 4) is 11.5 Å².